The first kappa shape index (κ1) is 32.2. The molecule has 3 aromatic heterocycles. The molecule has 0 aliphatic carbocycles. The number of ether oxygens (including phenoxy) is 1. The molecule has 3 heterocycles. The number of carbonyl (C=O) groups is 2. The molecule has 0 saturated carbocycles. The average Bonchev–Trinajstić information content (AvgIpc) is 3.55. The van der Waals surface area contributed by atoms with Crippen LogP contribution in [0.5, 0.6) is 0 Å². The highest BCUT2D eigenvalue weighted by molar-refractivity contribution is 7.12. The molecule has 10 nitrogen and oxygen atoms in total. The number of esters is 1. The molecule has 0 radical (unpaired) electrons. The van der Waals surface area contributed by atoms with Gasteiger partial charge in [0, 0.05) is 22.7 Å². The first-order chi connectivity index (χ1) is 21.9. The molecular weight excluding hydrogens is 637 g/mol. The van der Waals surface area contributed by atoms with E-state index in [-0.39, 0.29) is 22.6 Å². The van der Waals surface area contributed by atoms with Crippen LogP contribution >= 0.6 is 11.3 Å². The van der Waals surface area contributed by atoms with Gasteiger partial charge in [-0.2, -0.15) is 18.2 Å². The largest absolute Gasteiger partial charge is 0.490 e. The molecular formula is C30H22F5N5O5S. The van der Waals surface area contributed by atoms with Crippen molar-refractivity contribution in [2.24, 2.45) is 0 Å². The van der Waals surface area contributed by atoms with Gasteiger partial charge in [0.2, 0.25) is 5.95 Å². The molecule has 3 N–H and O–H groups in total. The van der Waals surface area contributed by atoms with Crippen LogP contribution in [0.2, 0.25) is 0 Å². The minimum atomic E-state index is -5.28. The maximum atomic E-state index is 15.0. The second-order valence-electron chi connectivity index (χ2n) is 9.79. The number of nitrogens with zero attached hydrogens (tertiary/aromatic N) is 3. The summed E-state index contributed by atoms with van der Waals surface area (Å²) in [5.74, 6) is -5.46. The smallest absolute Gasteiger partial charge is 0.457 e. The van der Waals surface area contributed by atoms with Crippen LogP contribution in [-0.2, 0) is 9.53 Å². The van der Waals surface area contributed by atoms with Gasteiger partial charge in [0.05, 0.1) is 23.2 Å². The molecule has 0 fully saturated rings. The Balaban J connectivity index is 1.68. The number of carbonyl (C=O) groups excluding carboxylic acids is 2. The standard InChI is InChI=1S/C30H22F5N5O5S/c1-15-7-8-16(36-27(43)22-6-3-11-46-22)12-19(15)24-18-9-10-23(42)40(25-20(31)4-2-5-21(25)32)26(18)39-29(38-24)37-17(13-41)14-45-28(44)30(33,34)35/h2-12,17,41H,13-14H2,1H3,(H,36,43)(H,37,38,39). The van der Waals surface area contributed by atoms with Gasteiger partial charge in [-0.25, -0.2) is 18.6 Å². The van der Waals surface area contributed by atoms with Crippen LogP contribution in [-0.4, -0.2) is 56.9 Å². The number of para-hydroxylation sites is 1. The number of thiophene rings is 1. The van der Waals surface area contributed by atoms with Crippen molar-refractivity contribution in [3.05, 3.63) is 98.5 Å². The lowest BCUT2D eigenvalue weighted by atomic mass is 10.0. The number of halogens is 5. The summed E-state index contributed by atoms with van der Waals surface area (Å²) >= 11 is 1.23. The van der Waals surface area contributed by atoms with Crippen LogP contribution in [0.4, 0.5) is 33.6 Å². The van der Waals surface area contributed by atoms with Crippen LogP contribution < -0.4 is 16.2 Å². The molecule has 0 spiro atoms. The van der Waals surface area contributed by atoms with Crippen LogP contribution in [0.3, 0.4) is 0 Å². The third kappa shape index (κ3) is 6.72. The molecule has 16 heteroatoms. The third-order valence-electron chi connectivity index (χ3n) is 6.61. The van der Waals surface area contributed by atoms with Gasteiger partial charge in [-0.15, -0.1) is 11.3 Å². The van der Waals surface area contributed by atoms with Gasteiger partial charge in [0.15, 0.2) is 5.65 Å². The Bertz CT molecular complexity index is 1980. The number of aromatic nitrogens is 3. The number of rotatable bonds is 9. The summed E-state index contributed by atoms with van der Waals surface area (Å²) in [7, 11) is 0. The zero-order valence-corrected chi connectivity index (χ0v) is 24.4. The van der Waals surface area contributed by atoms with Crippen molar-refractivity contribution in [1.29, 1.82) is 0 Å². The number of aryl methyl sites for hydroxylation is 1. The van der Waals surface area contributed by atoms with Crippen molar-refractivity contribution in [3.63, 3.8) is 0 Å². The average molecular weight is 660 g/mol. The van der Waals surface area contributed by atoms with Crippen molar-refractivity contribution in [1.82, 2.24) is 14.5 Å². The lowest BCUT2D eigenvalue weighted by molar-refractivity contribution is -0.200. The molecule has 1 amide bonds. The van der Waals surface area contributed by atoms with E-state index in [9.17, 15) is 41.4 Å². The summed E-state index contributed by atoms with van der Waals surface area (Å²) in [6.07, 6.45) is -5.28. The van der Waals surface area contributed by atoms with Crippen molar-refractivity contribution >= 4 is 45.9 Å². The van der Waals surface area contributed by atoms with Gasteiger partial charge in [-0.05, 0) is 54.3 Å². The van der Waals surface area contributed by atoms with E-state index >= 15 is 0 Å². The first-order valence-corrected chi connectivity index (χ1v) is 14.2. The zero-order valence-electron chi connectivity index (χ0n) is 23.6. The second-order valence-corrected chi connectivity index (χ2v) is 10.7. The molecule has 0 aliphatic rings. The number of alkyl halides is 3. The van der Waals surface area contributed by atoms with Crippen molar-refractivity contribution < 1.29 is 41.4 Å². The lowest BCUT2D eigenvalue weighted by Gasteiger charge is -2.20. The highest BCUT2D eigenvalue weighted by Gasteiger charge is 2.41. The zero-order chi connectivity index (χ0) is 33.2. The van der Waals surface area contributed by atoms with E-state index in [4.69, 9.17) is 0 Å². The van der Waals surface area contributed by atoms with E-state index in [1.165, 1.54) is 17.4 Å². The molecule has 1 atom stereocenters. The van der Waals surface area contributed by atoms with Gasteiger partial charge >= 0.3 is 12.1 Å². The molecule has 5 rings (SSSR count). The Kier molecular flexibility index (Phi) is 9.11. The molecule has 0 saturated heterocycles. The molecule has 46 heavy (non-hydrogen) atoms. The molecule has 1 unspecified atom stereocenters. The Labute approximate surface area is 260 Å². The highest BCUT2D eigenvalue weighted by Crippen LogP contribution is 2.33. The summed E-state index contributed by atoms with van der Waals surface area (Å²) in [4.78, 5) is 46.2. The van der Waals surface area contributed by atoms with E-state index in [0.29, 0.717) is 26.3 Å². The van der Waals surface area contributed by atoms with Gasteiger partial charge in [0.25, 0.3) is 11.5 Å². The fourth-order valence-corrected chi connectivity index (χ4v) is 5.06. The number of aliphatic hydroxyl groups is 1. The van der Waals surface area contributed by atoms with E-state index in [1.54, 1.807) is 42.6 Å². The van der Waals surface area contributed by atoms with Gasteiger partial charge < -0.3 is 20.5 Å². The predicted octanol–water partition coefficient (Wildman–Crippen LogP) is 5.23. The first-order valence-electron chi connectivity index (χ1n) is 13.3. The molecule has 238 valence electrons. The molecule has 5 aromatic rings. The summed E-state index contributed by atoms with van der Waals surface area (Å²) in [5, 5.41) is 17.0. The number of nitrogens with one attached hydrogen (secondary N) is 2. The number of amides is 1. The molecule has 0 aliphatic heterocycles. The topological polar surface area (TPSA) is 135 Å². The van der Waals surface area contributed by atoms with E-state index in [2.05, 4.69) is 25.3 Å². The summed E-state index contributed by atoms with van der Waals surface area (Å²) < 4.78 is 72.9. The maximum Gasteiger partial charge on any atom is 0.490 e. The monoisotopic (exact) mass is 659 g/mol. The van der Waals surface area contributed by atoms with Crippen LogP contribution in [0.1, 0.15) is 15.2 Å². The Morgan fingerprint density at radius 3 is 2.43 bits per heavy atom. The van der Waals surface area contributed by atoms with E-state index in [0.717, 1.165) is 24.3 Å². The van der Waals surface area contributed by atoms with Crippen molar-refractivity contribution in [2.75, 3.05) is 23.8 Å². The number of anilines is 2. The number of fused-ring (bicyclic) bond motifs is 1. The van der Waals surface area contributed by atoms with Crippen LogP contribution in [0.15, 0.2) is 70.8 Å². The number of aliphatic hydroxyl groups excluding tert-OH is 1. The van der Waals surface area contributed by atoms with Gasteiger partial charge in [-0.1, -0.05) is 18.2 Å². The number of benzene rings is 2. The van der Waals surface area contributed by atoms with E-state index in [1.807, 2.05) is 0 Å². The fourth-order valence-electron chi connectivity index (χ4n) is 4.44. The quantitative estimate of drug-likeness (QED) is 0.145. The predicted molar refractivity (Wildman–Crippen MR) is 159 cm³/mol. The normalized spacial score (nSPS) is 12.2. The van der Waals surface area contributed by atoms with Gasteiger partial charge in [0.1, 0.15) is 23.9 Å². The SMILES string of the molecule is Cc1ccc(NC(=O)c2cccs2)cc1-c1nc(NC(CO)COC(=O)C(F)(F)F)nc2c1ccc(=O)n2-c1c(F)cccc1F. The number of pyridine rings is 1. The highest BCUT2D eigenvalue weighted by atomic mass is 32.1. The summed E-state index contributed by atoms with van der Waals surface area (Å²) in [5.41, 5.74) is -0.512. The second kappa shape index (κ2) is 13.0. The Morgan fingerprint density at radius 1 is 1.04 bits per heavy atom. The summed E-state index contributed by atoms with van der Waals surface area (Å²) in [6.45, 7) is -0.103. The third-order valence-corrected chi connectivity index (χ3v) is 7.48. The fraction of sp³-hybridized carbons (Fsp3) is 0.167. The number of hydrogen-bond acceptors (Lipinski definition) is 9. The minimum Gasteiger partial charge on any atom is -0.457 e. The number of hydrogen-bond donors (Lipinski definition) is 3. The Morgan fingerprint density at radius 2 is 1.78 bits per heavy atom. The minimum absolute atomic E-state index is 0.0895. The van der Waals surface area contributed by atoms with Crippen molar-refractivity contribution in [3.8, 4) is 16.9 Å². The van der Waals surface area contributed by atoms with Gasteiger partial charge in [-0.3, -0.25) is 14.2 Å². The molecule has 0 bridgehead atoms. The molecule has 2 aromatic carbocycles. The maximum absolute atomic E-state index is 15.0. The Hall–Kier alpha value is -5.22. The van der Waals surface area contributed by atoms with E-state index < -0.39 is 60.2 Å². The summed E-state index contributed by atoms with van der Waals surface area (Å²) in [6, 6.07) is 12.2. The van der Waals surface area contributed by atoms with Crippen LogP contribution in [0, 0.1) is 18.6 Å². The lowest BCUT2D eigenvalue weighted by Crippen LogP contribution is -2.35. The van der Waals surface area contributed by atoms with Crippen molar-refractivity contribution in [2.45, 2.75) is 19.1 Å². The van der Waals surface area contributed by atoms with Crippen LogP contribution in [0.25, 0.3) is 28.0 Å².